The number of aromatic nitrogens is 3. The van der Waals surface area contributed by atoms with Gasteiger partial charge in [0.05, 0.1) is 29.7 Å². The van der Waals surface area contributed by atoms with Crippen LogP contribution in [0.3, 0.4) is 0 Å². The Labute approximate surface area is 198 Å². The van der Waals surface area contributed by atoms with Crippen LogP contribution in [0.1, 0.15) is 48.8 Å². The predicted molar refractivity (Wildman–Crippen MR) is 130 cm³/mol. The maximum absolute atomic E-state index is 13.8. The summed E-state index contributed by atoms with van der Waals surface area (Å²) in [6.07, 6.45) is 3.59. The lowest BCUT2D eigenvalue weighted by molar-refractivity contribution is 0.180. The zero-order chi connectivity index (χ0) is 23.7. The monoisotopic (exact) mass is 457 g/mol. The van der Waals surface area contributed by atoms with Crippen molar-refractivity contribution < 1.29 is 9.18 Å². The lowest BCUT2D eigenvalue weighted by atomic mass is 10.0. The van der Waals surface area contributed by atoms with Gasteiger partial charge in [-0.2, -0.15) is 5.10 Å². The van der Waals surface area contributed by atoms with Gasteiger partial charge in [0.1, 0.15) is 11.6 Å². The Morgan fingerprint density at radius 1 is 1.06 bits per heavy atom. The van der Waals surface area contributed by atoms with Crippen LogP contribution in [0.4, 0.5) is 9.18 Å². The molecule has 1 aliphatic rings. The van der Waals surface area contributed by atoms with Gasteiger partial charge < -0.3 is 14.8 Å². The average molecular weight is 458 g/mol. The van der Waals surface area contributed by atoms with Gasteiger partial charge in [0.15, 0.2) is 0 Å². The number of rotatable bonds is 5. The maximum atomic E-state index is 13.8. The average Bonchev–Trinajstić information content (AvgIpc) is 3.45. The first-order chi connectivity index (χ1) is 16.6. The second-order valence-electron chi connectivity index (χ2n) is 8.47. The highest BCUT2D eigenvalue weighted by atomic mass is 19.1. The van der Waals surface area contributed by atoms with E-state index in [-0.39, 0.29) is 17.9 Å². The van der Waals surface area contributed by atoms with Gasteiger partial charge in [-0.25, -0.2) is 13.9 Å². The minimum absolute atomic E-state index is 0.147. The van der Waals surface area contributed by atoms with Gasteiger partial charge in [0.2, 0.25) is 0 Å². The summed E-state index contributed by atoms with van der Waals surface area (Å²) in [5.41, 5.74) is 4.71. The van der Waals surface area contributed by atoms with E-state index in [4.69, 9.17) is 5.10 Å². The normalized spacial score (nSPS) is 14.9. The number of carbonyl (C=O) groups is 1. The van der Waals surface area contributed by atoms with Crippen LogP contribution >= 0.6 is 0 Å². The quantitative estimate of drug-likeness (QED) is 0.437. The van der Waals surface area contributed by atoms with E-state index in [2.05, 4.69) is 16.8 Å². The van der Waals surface area contributed by atoms with E-state index < -0.39 is 0 Å². The molecule has 0 fully saturated rings. The van der Waals surface area contributed by atoms with Gasteiger partial charge in [-0.15, -0.1) is 0 Å². The summed E-state index contributed by atoms with van der Waals surface area (Å²) in [6.45, 7) is 5.09. The summed E-state index contributed by atoms with van der Waals surface area (Å²) >= 11 is 0. The smallest absolute Gasteiger partial charge is 0.318 e. The zero-order valence-corrected chi connectivity index (χ0v) is 19.4. The van der Waals surface area contributed by atoms with Crippen LogP contribution in [0.5, 0.6) is 0 Å². The molecule has 0 radical (unpaired) electrons. The molecule has 1 aliphatic heterocycles. The first kappa shape index (κ1) is 21.9. The fourth-order valence-electron chi connectivity index (χ4n) is 4.68. The molecule has 1 N–H and O–H groups in total. The molecule has 1 unspecified atom stereocenters. The topological polar surface area (TPSA) is 55.1 Å². The minimum atomic E-state index is -0.381. The number of urea groups is 1. The number of para-hydroxylation sites is 1. The first-order valence-corrected chi connectivity index (χ1v) is 11.8. The van der Waals surface area contributed by atoms with Crippen molar-refractivity contribution in [2.75, 3.05) is 6.54 Å². The van der Waals surface area contributed by atoms with Crippen molar-refractivity contribution in [3.63, 3.8) is 0 Å². The highest BCUT2D eigenvalue weighted by Gasteiger charge is 2.36. The van der Waals surface area contributed by atoms with E-state index in [1.165, 1.54) is 12.1 Å². The number of carbonyl (C=O) groups excluding carboxylic acids is 1. The van der Waals surface area contributed by atoms with Crippen molar-refractivity contribution in [1.82, 2.24) is 24.6 Å². The second-order valence-corrected chi connectivity index (χ2v) is 8.47. The van der Waals surface area contributed by atoms with E-state index in [1.54, 1.807) is 12.1 Å². The molecule has 174 valence electrons. The number of aryl methyl sites for hydroxylation is 1. The van der Waals surface area contributed by atoms with Gasteiger partial charge >= 0.3 is 6.03 Å². The van der Waals surface area contributed by atoms with Crippen LogP contribution in [0, 0.1) is 5.82 Å². The summed E-state index contributed by atoms with van der Waals surface area (Å²) in [5, 5.41) is 8.00. The van der Waals surface area contributed by atoms with E-state index in [1.807, 2.05) is 65.2 Å². The summed E-state index contributed by atoms with van der Waals surface area (Å²) in [6, 6.07) is 19.9. The second kappa shape index (κ2) is 9.17. The molecular weight excluding hydrogens is 429 g/mol. The fraction of sp³-hybridized carbons (Fsp3) is 0.259. The van der Waals surface area contributed by atoms with Crippen molar-refractivity contribution in [1.29, 1.82) is 0 Å². The van der Waals surface area contributed by atoms with Crippen LogP contribution < -0.4 is 5.32 Å². The van der Waals surface area contributed by atoms with Crippen LogP contribution in [-0.2, 0) is 13.0 Å². The van der Waals surface area contributed by atoms with Crippen molar-refractivity contribution in [3.8, 4) is 11.5 Å². The number of hydrogen-bond acceptors (Lipinski definition) is 2. The summed E-state index contributed by atoms with van der Waals surface area (Å²) in [4.78, 5) is 15.3. The fourth-order valence-corrected chi connectivity index (χ4v) is 4.68. The van der Waals surface area contributed by atoms with Crippen molar-refractivity contribution in [2.24, 2.45) is 0 Å². The van der Waals surface area contributed by atoms with Gasteiger partial charge in [-0.05, 0) is 54.8 Å². The molecule has 7 heteroatoms. The molecular formula is C27H28FN5O. The molecule has 34 heavy (non-hydrogen) atoms. The van der Waals surface area contributed by atoms with Gasteiger partial charge in [0.25, 0.3) is 0 Å². The number of halogens is 1. The minimum Gasteiger partial charge on any atom is -0.338 e. The maximum Gasteiger partial charge on any atom is 0.318 e. The summed E-state index contributed by atoms with van der Waals surface area (Å²) in [5.74, 6) is 0.631. The Kier molecular flexibility index (Phi) is 5.92. The van der Waals surface area contributed by atoms with Crippen molar-refractivity contribution in [2.45, 2.75) is 39.3 Å². The molecule has 0 spiro atoms. The molecule has 2 aromatic carbocycles. The van der Waals surface area contributed by atoms with E-state index in [0.717, 1.165) is 46.9 Å². The van der Waals surface area contributed by atoms with Crippen molar-refractivity contribution in [3.05, 3.63) is 101 Å². The third-order valence-electron chi connectivity index (χ3n) is 6.28. The largest absolute Gasteiger partial charge is 0.338 e. The number of amides is 2. The highest BCUT2D eigenvalue weighted by Crippen LogP contribution is 2.38. The molecule has 4 aromatic rings. The predicted octanol–water partition coefficient (Wildman–Crippen LogP) is 5.39. The van der Waals surface area contributed by atoms with Crippen LogP contribution in [0.2, 0.25) is 0 Å². The molecule has 1 atom stereocenters. The van der Waals surface area contributed by atoms with Crippen LogP contribution in [-0.4, -0.2) is 31.8 Å². The lowest BCUT2D eigenvalue weighted by Gasteiger charge is -2.31. The molecule has 0 saturated heterocycles. The lowest BCUT2D eigenvalue weighted by Crippen LogP contribution is -2.42. The standard InChI is InChI=1S/C27H28FN5O/c1-3-16-29-27(34)32-18-22-23(4-2)30-33(21-9-6-5-7-10-21)26(22)31-17-8-11-24(31)25(32)19-12-14-20(28)15-13-19/h5-15,17,25H,3-4,16,18H2,1-2H3,(H,29,34). The number of fused-ring (bicyclic) bond motifs is 3. The molecule has 2 amide bonds. The molecule has 0 saturated carbocycles. The Morgan fingerprint density at radius 2 is 1.82 bits per heavy atom. The van der Waals surface area contributed by atoms with Crippen molar-refractivity contribution >= 4 is 6.03 Å². The molecule has 3 heterocycles. The SMILES string of the molecule is CCCNC(=O)N1Cc2c(CC)nn(-c3ccccc3)c2-n2cccc2C1c1ccc(F)cc1. The van der Waals surface area contributed by atoms with Gasteiger partial charge in [-0.1, -0.05) is 44.2 Å². The highest BCUT2D eigenvalue weighted by molar-refractivity contribution is 5.76. The Balaban J connectivity index is 1.74. The number of nitrogens with zero attached hydrogens (tertiary/aromatic N) is 4. The molecule has 6 nitrogen and oxygen atoms in total. The molecule has 0 aliphatic carbocycles. The van der Waals surface area contributed by atoms with Gasteiger partial charge in [0, 0.05) is 18.3 Å². The van der Waals surface area contributed by atoms with E-state index >= 15 is 0 Å². The zero-order valence-electron chi connectivity index (χ0n) is 19.4. The Bertz CT molecular complexity index is 1290. The molecule has 2 aromatic heterocycles. The number of benzene rings is 2. The van der Waals surface area contributed by atoms with E-state index in [9.17, 15) is 9.18 Å². The molecule has 0 bridgehead atoms. The third kappa shape index (κ3) is 3.77. The summed E-state index contributed by atoms with van der Waals surface area (Å²) in [7, 11) is 0. The first-order valence-electron chi connectivity index (χ1n) is 11.8. The number of hydrogen-bond donors (Lipinski definition) is 1. The van der Waals surface area contributed by atoms with Crippen LogP contribution in [0.25, 0.3) is 11.5 Å². The third-order valence-corrected chi connectivity index (χ3v) is 6.28. The number of nitrogens with one attached hydrogen (secondary N) is 1. The molecule has 5 rings (SSSR count). The van der Waals surface area contributed by atoms with Crippen LogP contribution in [0.15, 0.2) is 72.9 Å². The summed E-state index contributed by atoms with van der Waals surface area (Å²) < 4.78 is 17.9. The van der Waals surface area contributed by atoms with E-state index in [0.29, 0.717) is 13.1 Å². The Hall–Kier alpha value is -3.87. The Morgan fingerprint density at radius 3 is 2.53 bits per heavy atom. The van der Waals surface area contributed by atoms with Gasteiger partial charge in [-0.3, -0.25) is 0 Å².